The maximum Gasteiger partial charge on any atom is 0.317 e. The van der Waals surface area contributed by atoms with E-state index in [9.17, 15) is 4.79 Å². The third-order valence-corrected chi connectivity index (χ3v) is 3.29. The van der Waals surface area contributed by atoms with E-state index in [0.29, 0.717) is 31.4 Å². The number of hydrogen-bond donors (Lipinski definition) is 3. The van der Waals surface area contributed by atoms with Crippen molar-refractivity contribution >= 4 is 29.0 Å². The molecule has 2 rings (SSSR count). The molecular formula is C14H20N4O2S. The van der Waals surface area contributed by atoms with Gasteiger partial charge < -0.3 is 25.6 Å². The first-order valence-corrected chi connectivity index (χ1v) is 7.41. The minimum absolute atomic E-state index is 0.0163. The second kappa shape index (κ2) is 7.68. The number of thiocarbonyl (C=S) groups is 1. The zero-order valence-corrected chi connectivity index (χ0v) is 12.8. The standard InChI is InChI=1S/C14H20N4O2S/c1-2-20-12-6-4-3-5-11(12)17-13(21)15-7-9-18-10-8-16-14(18)19/h3-6H,2,7-10H2,1H3,(H,16,19)(H2,15,17,21). The molecule has 0 unspecified atom stereocenters. The van der Waals surface area contributed by atoms with E-state index in [0.717, 1.165) is 18.0 Å². The summed E-state index contributed by atoms with van der Waals surface area (Å²) in [6, 6.07) is 7.62. The predicted molar refractivity (Wildman–Crippen MR) is 86.8 cm³/mol. The quantitative estimate of drug-likeness (QED) is 0.693. The summed E-state index contributed by atoms with van der Waals surface area (Å²) in [5.41, 5.74) is 0.829. The molecule has 1 fully saturated rings. The van der Waals surface area contributed by atoms with Gasteiger partial charge in [-0.25, -0.2) is 4.79 Å². The van der Waals surface area contributed by atoms with E-state index in [4.69, 9.17) is 17.0 Å². The first kappa shape index (κ1) is 15.4. The van der Waals surface area contributed by atoms with Crippen LogP contribution < -0.4 is 20.7 Å². The Balaban J connectivity index is 1.78. The van der Waals surface area contributed by atoms with Crippen LogP contribution in [0.25, 0.3) is 0 Å². The van der Waals surface area contributed by atoms with Crippen molar-refractivity contribution in [1.29, 1.82) is 0 Å². The average molecular weight is 308 g/mol. The van der Waals surface area contributed by atoms with Gasteiger partial charge in [0.2, 0.25) is 0 Å². The van der Waals surface area contributed by atoms with Crippen LogP contribution in [0.15, 0.2) is 24.3 Å². The van der Waals surface area contributed by atoms with E-state index < -0.39 is 0 Å². The van der Waals surface area contributed by atoms with E-state index >= 15 is 0 Å². The molecule has 1 aromatic rings. The molecule has 0 saturated carbocycles. The molecule has 1 heterocycles. The van der Waals surface area contributed by atoms with Crippen LogP contribution >= 0.6 is 12.2 Å². The minimum Gasteiger partial charge on any atom is -0.492 e. The van der Waals surface area contributed by atoms with Crippen LogP contribution in [0.4, 0.5) is 10.5 Å². The highest BCUT2D eigenvalue weighted by molar-refractivity contribution is 7.80. The number of carbonyl (C=O) groups is 1. The van der Waals surface area contributed by atoms with Crippen LogP contribution in [0.2, 0.25) is 0 Å². The summed E-state index contributed by atoms with van der Waals surface area (Å²) < 4.78 is 5.53. The van der Waals surface area contributed by atoms with E-state index in [1.165, 1.54) is 0 Å². The Kier molecular flexibility index (Phi) is 5.62. The van der Waals surface area contributed by atoms with Crippen molar-refractivity contribution in [1.82, 2.24) is 15.5 Å². The van der Waals surface area contributed by atoms with Gasteiger partial charge in [-0.15, -0.1) is 0 Å². The Morgan fingerprint density at radius 2 is 2.29 bits per heavy atom. The Hall–Kier alpha value is -2.02. The third-order valence-electron chi connectivity index (χ3n) is 3.05. The molecule has 1 aliphatic rings. The van der Waals surface area contributed by atoms with Gasteiger partial charge in [-0.2, -0.15) is 0 Å². The molecule has 21 heavy (non-hydrogen) atoms. The Labute approximate surface area is 129 Å². The molecule has 0 spiro atoms. The van der Waals surface area contributed by atoms with E-state index in [1.54, 1.807) is 4.90 Å². The number of ether oxygens (including phenoxy) is 1. The number of amides is 2. The van der Waals surface area contributed by atoms with Gasteiger partial charge in [0.25, 0.3) is 0 Å². The van der Waals surface area contributed by atoms with Crippen molar-refractivity contribution in [2.45, 2.75) is 6.92 Å². The number of carbonyl (C=O) groups excluding carboxylic acids is 1. The predicted octanol–water partition coefficient (Wildman–Crippen LogP) is 1.40. The van der Waals surface area contributed by atoms with Crippen LogP contribution in [-0.2, 0) is 0 Å². The monoisotopic (exact) mass is 308 g/mol. The highest BCUT2D eigenvalue weighted by atomic mass is 32.1. The zero-order valence-electron chi connectivity index (χ0n) is 12.0. The summed E-state index contributed by atoms with van der Waals surface area (Å²) in [5, 5.41) is 9.48. The van der Waals surface area contributed by atoms with Crippen molar-refractivity contribution in [3.8, 4) is 5.75 Å². The van der Waals surface area contributed by atoms with Crippen LogP contribution in [0.5, 0.6) is 5.75 Å². The van der Waals surface area contributed by atoms with Gasteiger partial charge in [0.05, 0.1) is 12.3 Å². The zero-order chi connectivity index (χ0) is 15.1. The van der Waals surface area contributed by atoms with Crippen molar-refractivity contribution in [3.05, 3.63) is 24.3 Å². The molecule has 0 atom stereocenters. The fraction of sp³-hybridized carbons (Fsp3) is 0.429. The lowest BCUT2D eigenvalue weighted by molar-refractivity contribution is 0.218. The van der Waals surface area contributed by atoms with E-state index in [1.807, 2.05) is 31.2 Å². The van der Waals surface area contributed by atoms with E-state index in [2.05, 4.69) is 16.0 Å². The fourth-order valence-corrected chi connectivity index (χ4v) is 2.26. The summed E-state index contributed by atoms with van der Waals surface area (Å²) >= 11 is 5.25. The highest BCUT2D eigenvalue weighted by Gasteiger charge is 2.18. The number of anilines is 1. The lowest BCUT2D eigenvalue weighted by Crippen LogP contribution is -2.38. The third kappa shape index (κ3) is 4.49. The Morgan fingerprint density at radius 3 is 3.00 bits per heavy atom. The van der Waals surface area contributed by atoms with Crippen molar-refractivity contribution in [2.24, 2.45) is 0 Å². The number of hydrogen-bond acceptors (Lipinski definition) is 3. The van der Waals surface area contributed by atoms with Crippen molar-refractivity contribution in [2.75, 3.05) is 38.1 Å². The molecule has 0 aromatic heterocycles. The number of nitrogens with one attached hydrogen (secondary N) is 3. The molecule has 3 N–H and O–H groups in total. The molecule has 0 bridgehead atoms. The topological polar surface area (TPSA) is 65.6 Å². The number of rotatable bonds is 6. The molecule has 6 nitrogen and oxygen atoms in total. The molecule has 1 aliphatic heterocycles. The first-order valence-electron chi connectivity index (χ1n) is 7.00. The normalized spacial score (nSPS) is 13.8. The molecule has 0 aliphatic carbocycles. The van der Waals surface area contributed by atoms with Gasteiger partial charge in [0, 0.05) is 26.2 Å². The maximum atomic E-state index is 11.4. The van der Waals surface area contributed by atoms with Gasteiger partial charge in [-0.1, -0.05) is 12.1 Å². The van der Waals surface area contributed by atoms with Gasteiger partial charge in [0.15, 0.2) is 5.11 Å². The summed E-state index contributed by atoms with van der Waals surface area (Å²) in [7, 11) is 0. The largest absolute Gasteiger partial charge is 0.492 e. The SMILES string of the molecule is CCOc1ccccc1NC(=S)NCCN1CCNC1=O. The fourth-order valence-electron chi connectivity index (χ4n) is 2.05. The van der Waals surface area contributed by atoms with E-state index in [-0.39, 0.29) is 6.03 Å². The smallest absolute Gasteiger partial charge is 0.317 e. The lowest BCUT2D eigenvalue weighted by Gasteiger charge is -2.17. The molecular weight excluding hydrogens is 288 g/mol. The number of urea groups is 1. The average Bonchev–Trinajstić information content (AvgIpc) is 2.87. The Morgan fingerprint density at radius 1 is 1.48 bits per heavy atom. The van der Waals surface area contributed by atoms with Gasteiger partial charge in [-0.05, 0) is 31.3 Å². The Bertz CT molecular complexity index is 510. The highest BCUT2D eigenvalue weighted by Crippen LogP contribution is 2.23. The lowest BCUT2D eigenvalue weighted by atomic mass is 10.3. The van der Waals surface area contributed by atoms with Gasteiger partial charge in [-0.3, -0.25) is 0 Å². The first-order chi connectivity index (χ1) is 10.2. The van der Waals surface area contributed by atoms with Crippen LogP contribution in [0, 0.1) is 0 Å². The molecule has 2 amide bonds. The molecule has 7 heteroatoms. The molecule has 0 radical (unpaired) electrons. The number of nitrogens with zero attached hydrogens (tertiary/aromatic N) is 1. The second-order valence-electron chi connectivity index (χ2n) is 4.53. The minimum atomic E-state index is -0.0163. The summed E-state index contributed by atoms with van der Waals surface area (Å²) in [6.45, 7) is 5.23. The van der Waals surface area contributed by atoms with Crippen LogP contribution in [0.3, 0.4) is 0 Å². The number of benzene rings is 1. The van der Waals surface area contributed by atoms with Gasteiger partial charge in [0.1, 0.15) is 5.75 Å². The van der Waals surface area contributed by atoms with Crippen molar-refractivity contribution < 1.29 is 9.53 Å². The summed E-state index contributed by atoms with van der Waals surface area (Å²) in [5.74, 6) is 0.767. The second-order valence-corrected chi connectivity index (χ2v) is 4.94. The number of para-hydroxylation sites is 2. The van der Waals surface area contributed by atoms with Gasteiger partial charge >= 0.3 is 6.03 Å². The summed E-state index contributed by atoms with van der Waals surface area (Å²) in [6.07, 6.45) is 0. The molecule has 1 saturated heterocycles. The van der Waals surface area contributed by atoms with Crippen LogP contribution in [0.1, 0.15) is 6.92 Å². The van der Waals surface area contributed by atoms with Crippen LogP contribution in [-0.4, -0.2) is 48.8 Å². The van der Waals surface area contributed by atoms with Crippen molar-refractivity contribution in [3.63, 3.8) is 0 Å². The molecule has 114 valence electrons. The maximum absolute atomic E-state index is 11.4. The summed E-state index contributed by atoms with van der Waals surface area (Å²) in [4.78, 5) is 13.1. The molecule has 1 aromatic carbocycles.